The maximum Gasteiger partial charge on any atom is 0.264 e. The number of carbonyl (C=O) groups is 1. The van der Waals surface area contributed by atoms with Crippen LogP contribution >= 0.6 is 11.3 Å². The molecule has 2 aromatic heterocycles. The summed E-state index contributed by atoms with van der Waals surface area (Å²) in [4.78, 5) is 21.4. The van der Waals surface area contributed by atoms with Crippen LogP contribution in [0.5, 0.6) is 5.75 Å². The Morgan fingerprint density at radius 3 is 2.81 bits per heavy atom. The summed E-state index contributed by atoms with van der Waals surface area (Å²) in [5.41, 5.74) is 1.93. The van der Waals surface area contributed by atoms with E-state index in [9.17, 15) is 4.79 Å². The zero-order chi connectivity index (χ0) is 21.5. The number of aryl methyl sites for hydroxylation is 1. The molecule has 2 heterocycles. The van der Waals surface area contributed by atoms with E-state index < -0.39 is 0 Å². The van der Waals surface area contributed by atoms with Crippen molar-refractivity contribution in [3.8, 4) is 5.75 Å². The minimum atomic E-state index is 0.0315. The number of benzene rings is 1. The molecule has 1 atom stereocenters. The van der Waals surface area contributed by atoms with Gasteiger partial charge in [-0.2, -0.15) is 0 Å². The van der Waals surface area contributed by atoms with Gasteiger partial charge in [0.15, 0.2) is 0 Å². The predicted octanol–water partition coefficient (Wildman–Crippen LogP) is 6.03. The van der Waals surface area contributed by atoms with Crippen LogP contribution in [0.4, 0.5) is 0 Å². The van der Waals surface area contributed by atoms with Gasteiger partial charge in [0, 0.05) is 17.6 Å². The van der Waals surface area contributed by atoms with Crippen LogP contribution in [0.3, 0.4) is 0 Å². The van der Waals surface area contributed by atoms with Crippen LogP contribution < -0.4 is 4.74 Å². The Kier molecular flexibility index (Phi) is 7.15. The molecule has 0 saturated heterocycles. The normalized spacial score (nSPS) is 15.6. The smallest absolute Gasteiger partial charge is 0.264 e. The first kappa shape index (κ1) is 21.3. The Bertz CT molecular complexity index is 1030. The van der Waals surface area contributed by atoms with Crippen LogP contribution in [-0.2, 0) is 13.1 Å². The highest BCUT2D eigenvalue weighted by atomic mass is 32.1. The van der Waals surface area contributed by atoms with Crippen molar-refractivity contribution in [2.24, 2.45) is 5.92 Å². The van der Waals surface area contributed by atoms with Crippen LogP contribution in [0.15, 0.2) is 72.9 Å². The Morgan fingerprint density at radius 1 is 1.13 bits per heavy atom. The van der Waals surface area contributed by atoms with E-state index in [1.54, 1.807) is 6.20 Å². The standard InChI is InChI=1S/C26H28N2O2S/c1-20-13-14-25(31-20)26(29)28(18-23-11-5-6-15-27-23)17-22-10-7-12-24(16-22)30-19-21-8-3-2-4-9-21/h2-3,5-7,10-16,21H,4,8-9,17-19H2,1H3/t21-/m0/s1. The maximum atomic E-state index is 13.3. The van der Waals surface area contributed by atoms with Gasteiger partial charge in [-0.1, -0.05) is 30.4 Å². The lowest BCUT2D eigenvalue weighted by atomic mass is 9.95. The summed E-state index contributed by atoms with van der Waals surface area (Å²) in [6, 6.07) is 17.8. The van der Waals surface area contributed by atoms with E-state index in [1.165, 1.54) is 17.8 Å². The summed E-state index contributed by atoms with van der Waals surface area (Å²) < 4.78 is 6.09. The van der Waals surface area contributed by atoms with Crippen molar-refractivity contribution in [1.82, 2.24) is 9.88 Å². The molecule has 31 heavy (non-hydrogen) atoms. The Hall–Kier alpha value is -2.92. The highest BCUT2D eigenvalue weighted by Gasteiger charge is 2.19. The van der Waals surface area contributed by atoms with Gasteiger partial charge in [0.2, 0.25) is 0 Å². The monoisotopic (exact) mass is 432 g/mol. The summed E-state index contributed by atoms with van der Waals surface area (Å²) in [5.74, 6) is 1.48. The summed E-state index contributed by atoms with van der Waals surface area (Å²) in [6.07, 6.45) is 9.68. The van der Waals surface area contributed by atoms with E-state index in [1.807, 2.05) is 54.3 Å². The molecule has 1 aliphatic carbocycles. The number of nitrogens with zero attached hydrogens (tertiary/aromatic N) is 2. The van der Waals surface area contributed by atoms with Gasteiger partial charge < -0.3 is 9.64 Å². The third kappa shape index (κ3) is 6.05. The molecular formula is C26H28N2O2S. The van der Waals surface area contributed by atoms with E-state index in [0.29, 0.717) is 19.0 Å². The molecule has 0 spiro atoms. The van der Waals surface area contributed by atoms with E-state index in [-0.39, 0.29) is 5.91 Å². The van der Waals surface area contributed by atoms with Crippen molar-refractivity contribution < 1.29 is 9.53 Å². The van der Waals surface area contributed by atoms with E-state index in [4.69, 9.17) is 4.74 Å². The highest BCUT2D eigenvalue weighted by molar-refractivity contribution is 7.13. The molecular weight excluding hydrogens is 404 g/mol. The minimum Gasteiger partial charge on any atom is -0.493 e. The largest absolute Gasteiger partial charge is 0.493 e. The second-order valence-electron chi connectivity index (χ2n) is 8.00. The fraction of sp³-hybridized carbons (Fsp3) is 0.308. The Morgan fingerprint density at radius 2 is 2.06 bits per heavy atom. The minimum absolute atomic E-state index is 0.0315. The van der Waals surface area contributed by atoms with Gasteiger partial charge in [-0.05, 0) is 74.1 Å². The van der Waals surface area contributed by atoms with Crippen LogP contribution in [0.25, 0.3) is 0 Å². The first-order chi connectivity index (χ1) is 15.2. The maximum absolute atomic E-state index is 13.3. The van der Waals surface area contributed by atoms with Crippen molar-refractivity contribution in [2.75, 3.05) is 6.61 Å². The zero-order valence-corrected chi connectivity index (χ0v) is 18.7. The van der Waals surface area contributed by atoms with Gasteiger partial charge in [0.25, 0.3) is 5.91 Å². The molecule has 0 bridgehead atoms. The number of rotatable bonds is 8. The molecule has 4 rings (SSSR count). The molecule has 5 heteroatoms. The van der Waals surface area contributed by atoms with Crippen molar-refractivity contribution in [3.63, 3.8) is 0 Å². The first-order valence-electron chi connectivity index (χ1n) is 10.8. The molecule has 0 N–H and O–H groups in total. The number of allylic oxidation sites excluding steroid dienone is 2. The van der Waals surface area contributed by atoms with Gasteiger partial charge >= 0.3 is 0 Å². The van der Waals surface area contributed by atoms with Gasteiger partial charge in [-0.3, -0.25) is 9.78 Å². The van der Waals surface area contributed by atoms with Crippen LogP contribution in [-0.4, -0.2) is 22.4 Å². The highest BCUT2D eigenvalue weighted by Crippen LogP contribution is 2.23. The molecule has 0 unspecified atom stereocenters. The lowest BCUT2D eigenvalue weighted by Gasteiger charge is -2.23. The van der Waals surface area contributed by atoms with E-state index in [0.717, 1.165) is 46.2 Å². The van der Waals surface area contributed by atoms with Crippen LogP contribution in [0, 0.1) is 12.8 Å². The third-order valence-electron chi connectivity index (χ3n) is 5.45. The van der Waals surface area contributed by atoms with Crippen molar-refractivity contribution in [1.29, 1.82) is 0 Å². The number of aromatic nitrogens is 1. The Labute approximate surface area is 188 Å². The average Bonchev–Trinajstić information content (AvgIpc) is 3.25. The van der Waals surface area contributed by atoms with E-state index in [2.05, 4.69) is 29.3 Å². The number of carbonyl (C=O) groups excluding carboxylic acids is 1. The number of thiophene rings is 1. The molecule has 3 aromatic rings. The number of pyridine rings is 1. The quantitative estimate of drug-likeness (QED) is 0.408. The summed E-state index contributed by atoms with van der Waals surface area (Å²) >= 11 is 1.53. The molecule has 0 saturated carbocycles. The lowest BCUT2D eigenvalue weighted by molar-refractivity contribution is 0.0732. The van der Waals surface area contributed by atoms with Gasteiger partial charge in [-0.15, -0.1) is 11.3 Å². The second kappa shape index (κ2) is 10.4. The van der Waals surface area contributed by atoms with Crippen LogP contribution in [0.2, 0.25) is 0 Å². The van der Waals surface area contributed by atoms with Gasteiger partial charge in [0.05, 0.1) is 23.7 Å². The molecule has 1 aromatic carbocycles. The second-order valence-corrected chi connectivity index (χ2v) is 9.29. The van der Waals surface area contributed by atoms with Crippen LogP contribution in [0.1, 0.15) is 45.1 Å². The molecule has 1 aliphatic rings. The summed E-state index contributed by atoms with van der Waals surface area (Å²) in [7, 11) is 0. The lowest BCUT2D eigenvalue weighted by Crippen LogP contribution is -2.30. The van der Waals surface area contributed by atoms with Crippen molar-refractivity contribution in [3.05, 3.63) is 94.0 Å². The first-order valence-corrected chi connectivity index (χ1v) is 11.6. The Balaban J connectivity index is 1.47. The van der Waals surface area contributed by atoms with Gasteiger partial charge in [-0.25, -0.2) is 0 Å². The summed E-state index contributed by atoms with van der Waals surface area (Å²) in [6.45, 7) is 3.73. The molecule has 0 aliphatic heterocycles. The van der Waals surface area contributed by atoms with E-state index >= 15 is 0 Å². The topological polar surface area (TPSA) is 42.4 Å². The molecule has 0 fully saturated rings. The number of hydrogen-bond donors (Lipinski definition) is 0. The predicted molar refractivity (Wildman–Crippen MR) is 125 cm³/mol. The van der Waals surface area contributed by atoms with Crippen molar-refractivity contribution in [2.45, 2.75) is 39.3 Å². The molecule has 4 nitrogen and oxygen atoms in total. The fourth-order valence-electron chi connectivity index (χ4n) is 3.77. The average molecular weight is 433 g/mol. The van der Waals surface area contributed by atoms with Gasteiger partial charge in [0.1, 0.15) is 5.75 Å². The molecule has 160 valence electrons. The zero-order valence-electron chi connectivity index (χ0n) is 17.9. The third-order valence-corrected chi connectivity index (χ3v) is 6.44. The number of hydrogen-bond acceptors (Lipinski definition) is 4. The van der Waals surface area contributed by atoms with Crippen molar-refractivity contribution >= 4 is 17.2 Å². The number of ether oxygens (including phenoxy) is 1. The SMILES string of the molecule is Cc1ccc(C(=O)N(Cc2cccc(OC[C@H]3CC=CCC3)c2)Cc2ccccn2)s1. The fourth-order valence-corrected chi connectivity index (χ4v) is 4.60. The number of amides is 1. The molecule has 1 amide bonds. The summed E-state index contributed by atoms with van der Waals surface area (Å²) in [5, 5.41) is 0. The molecule has 0 radical (unpaired) electrons.